The molecule has 1 saturated heterocycles. The van der Waals surface area contributed by atoms with Crippen LogP contribution < -0.4 is 5.32 Å². The Labute approximate surface area is 97.8 Å². The molecule has 1 aromatic rings. The smallest absolute Gasteiger partial charge is 0.179 e. The predicted molar refractivity (Wildman–Crippen MR) is 57.9 cm³/mol. The first-order valence-corrected chi connectivity index (χ1v) is 5.37. The second-order valence-electron chi connectivity index (χ2n) is 4.05. The topological polar surface area (TPSA) is 38.3 Å². The van der Waals surface area contributed by atoms with E-state index < -0.39 is 11.6 Å². The third-order valence-corrected chi connectivity index (χ3v) is 2.94. The van der Waals surface area contributed by atoms with E-state index in [0.29, 0.717) is 13.0 Å². The van der Waals surface area contributed by atoms with Gasteiger partial charge in [-0.05, 0) is 24.6 Å². The van der Waals surface area contributed by atoms with Gasteiger partial charge in [-0.2, -0.15) is 0 Å². The zero-order valence-electron chi connectivity index (χ0n) is 9.37. The lowest BCUT2D eigenvalue weighted by Gasteiger charge is -2.09. The molecule has 1 N–H and O–H groups in total. The van der Waals surface area contributed by atoms with Gasteiger partial charge in [-0.15, -0.1) is 0 Å². The van der Waals surface area contributed by atoms with Gasteiger partial charge in [0, 0.05) is 19.2 Å². The van der Waals surface area contributed by atoms with E-state index in [2.05, 4.69) is 5.32 Å². The minimum atomic E-state index is -1.00. The Hall–Kier alpha value is -1.33. The van der Waals surface area contributed by atoms with Gasteiger partial charge in [0.15, 0.2) is 17.4 Å². The van der Waals surface area contributed by atoms with E-state index in [0.717, 1.165) is 12.1 Å². The zero-order chi connectivity index (χ0) is 12.4. The van der Waals surface area contributed by atoms with Crippen LogP contribution in [0.5, 0.6) is 0 Å². The summed E-state index contributed by atoms with van der Waals surface area (Å²) in [5, 5.41) is 3.00. The standard InChI is InChI=1S/C12H13F2NO2/c1-17-8-5-11(15-6-8)12(16)7-2-3-9(13)10(14)4-7/h2-4,8,11,15H,5-6H2,1H3. The van der Waals surface area contributed by atoms with E-state index in [1.165, 1.54) is 6.07 Å². The third-order valence-electron chi connectivity index (χ3n) is 2.94. The van der Waals surface area contributed by atoms with Gasteiger partial charge in [-0.1, -0.05) is 0 Å². The molecule has 2 rings (SSSR count). The van der Waals surface area contributed by atoms with Crippen LogP contribution in [0.15, 0.2) is 18.2 Å². The highest BCUT2D eigenvalue weighted by Gasteiger charge is 2.30. The van der Waals surface area contributed by atoms with E-state index in [-0.39, 0.29) is 23.5 Å². The average molecular weight is 241 g/mol. The monoisotopic (exact) mass is 241 g/mol. The molecule has 1 aliphatic heterocycles. The molecule has 0 spiro atoms. The fourth-order valence-electron chi connectivity index (χ4n) is 1.93. The summed E-state index contributed by atoms with van der Waals surface area (Å²) in [6.45, 7) is 0.594. The minimum absolute atomic E-state index is 0.00533. The number of hydrogen-bond acceptors (Lipinski definition) is 3. The summed E-state index contributed by atoms with van der Waals surface area (Å²) < 4.78 is 30.9. The maximum atomic E-state index is 13.0. The summed E-state index contributed by atoms with van der Waals surface area (Å²) in [7, 11) is 1.58. The van der Waals surface area contributed by atoms with Crippen LogP contribution in [0.3, 0.4) is 0 Å². The van der Waals surface area contributed by atoms with Crippen LogP contribution in [0.2, 0.25) is 0 Å². The Morgan fingerprint density at radius 3 is 2.76 bits per heavy atom. The maximum Gasteiger partial charge on any atom is 0.179 e. The SMILES string of the molecule is COC1CNC(C(=O)c2ccc(F)c(F)c2)C1. The summed E-state index contributed by atoms with van der Waals surface area (Å²) in [6.07, 6.45) is 0.545. The van der Waals surface area contributed by atoms with E-state index in [1.54, 1.807) is 7.11 Å². The molecule has 1 heterocycles. The fraction of sp³-hybridized carbons (Fsp3) is 0.417. The van der Waals surface area contributed by atoms with Gasteiger partial charge in [0.1, 0.15) is 0 Å². The van der Waals surface area contributed by atoms with Crippen LogP contribution in [0.1, 0.15) is 16.8 Å². The van der Waals surface area contributed by atoms with Gasteiger partial charge >= 0.3 is 0 Å². The first kappa shape index (κ1) is 12.1. The van der Waals surface area contributed by atoms with Crippen LogP contribution in [-0.4, -0.2) is 31.6 Å². The van der Waals surface area contributed by atoms with Gasteiger partial charge in [0.25, 0.3) is 0 Å². The minimum Gasteiger partial charge on any atom is -0.380 e. The first-order valence-electron chi connectivity index (χ1n) is 5.37. The molecular formula is C12H13F2NO2. The van der Waals surface area contributed by atoms with Crippen molar-refractivity contribution in [3.8, 4) is 0 Å². The number of rotatable bonds is 3. The molecule has 0 aliphatic carbocycles. The number of ketones is 1. The van der Waals surface area contributed by atoms with Gasteiger partial charge in [-0.3, -0.25) is 4.79 Å². The molecule has 1 aromatic carbocycles. The number of methoxy groups -OCH3 is 1. The number of Topliss-reactive ketones (excluding diaryl/α,β-unsaturated/α-hetero) is 1. The second kappa shape index (κ2) is 4.89. The fourth-order valence-corrected chi connectivity index (χ4v) is 1.93. The summed E-state index contributed by atoms with van der Waals surface area (Å²) >= 11 is 0. The molecule has 2 unspecified atom stereocenters. The van der Waals surface area contributed by atoms with E-state index in [4.69, 9.17) is 4.74 Å². The Morgan fingerprint density at radius 2 is 2.18 bits per heavy atom. The highest BCUT2D eigenvalue weighted by atomic mass is 19.2. The van der Waals surface area contributed by atoms with Crippen molar-refractivity contribution >= 4 is 5.78 Å². The molecular weight excluding hydrogens is 228 g/mol. The highest BCUT2D eigenvalue weighted by Crippen LogP contribution is 2.16. The van der Waals surface area contributed by atoms with Gasteiger partial charge in [0.05, 0.1) is 12.1 Å². The third kappa shape index (κ3) is 2.50. The number of carbonyl (C=O) groups excluding carboxylic acids is 1. The van der Waals surface area contributed by atoms with Crippen LogP contribution in [0.25, 0.3) is 0 Å². The normalized spacial score (nSPS) is 23.9. The maximum absolute atomic E-state index is 13.0. The Balaban J connectivity index is 2.12. The largest absolute Gasteiger partial charge is 0.380 e. The molecule has 3 nitrogen and oxygen atoms in total. The molecule has 2 atom stereocenters. The highest BCUT2D eigenvalue weighted by molar-refractivity contribution is 6.00. The van der Waals surface area contributed by atoms with Crippen molar-refractivity contribution in [3.05, 3.63) is 35.4 Å². The van der Waals surface area contributed by atoms with Crippen molar-refractivity contribution in [2.75, 3.05) is 13.7 Å². The number of halogens is 2. The van der Waals surface area contributed by atoms with Crippen LogP contribution >= 0.6 is 0 Å². The van der Waals surface area contributed by atoms with Crippen LogP contribution in [0, 0.1) is 11.6 Å². The molecule has 0 bridgehead atoms. The molecule has 0 saturated carbocycles. The summed E-state index contributed by atoms with van der Waals surface area (Å²) in [5.74, 6) is -2.18. The lowest BCUT2D eigenvalue weighted by molar-refractivity contribution is 0.0918. The zero-order valence-corrected chi connectivity index (χ0v) is 9.37. The average Bonchev–Trinajstić information content (AvgIpc) is 2.80. The van der Waals surface area contributed by atoms with E-state index in [1.807, 2.05) is 0 Å². The molecule has 1 fully saturated rings. The number of hydrogen-bond donors (Lipinski definition) is 1. The van der Waals surface area contributed by atoms with Crippen molar-refractivity contribution in [2.24, 2.45) is 0 Å². The molecule has 5 heteroatoms. The summed E-state index contributed by atoms with van der Waals surface area (Å²) in [6, 6.07) is 2.80. The second-order valence-corrected chi connectivity index (χ2v) is 4.05. The van der Waals surface area contributed by atoms with Crippen molar-refractivity contribution in [1.82, 2.24) is 5.32 Å². The Kier molecular flexibility index (Phi) is 3.49. The molecule has 0 radical (unpaired) electrons. The van der Waals surface area contributed by atoms with Crippen LogP contribution in [0.4, 0.5) is 8.78 Å². The van der Waals surface area contributed by atoms with Gasteiger partial charge in [0.2, 0.25) is 0 Å². The lowest BCUT2D eigenvalue weighted by atomic mass is 10.0. The van der Waals surface area contributed by atoms with Crippen molar-refractivity contribution in [1.29, 1.82) is 0 Å². The molecule has 17 heavy (non-hydrogen) atoms. The number of benzene rings is 1. The molecule has 92 valence electrons. The van der Waals surface area contributed by atoms with Crippen molar-refractivity contribution in [3.63, 3.8) is 0 Å². The Morgan fingerprint density at radius 1 is 1.41 bits per heavy atom. The van der Waals surface area contributed by atoms with Crippen molar-refractivity contribution < 1.29 is 18.3 Å². The van der Waals surface area contributed by atoms with E-state index >= 15 is 0 Å². The number of ether oxygens (including phenoxy) is 1. The predicted octanol–water partition coefficient (Wildman–Crippen LogP) is 1.52. The quantitative estimate of drug-likeness (QED) is 0.815. The number of nitrogens with one attached hydrogen (secondary N) is 1. The molecule has 0 aromatic heterocycles. The first-order chi connectivity index (χ1) is 8.11. The lowest BCUT2D eigenvalue weighted by Crippen LogP contribution is -2.30. The van der Waals surface area contributed by atoms with Gasteiger partial charge in [-0.25, -0.2) is 8.78 Å². The summed E-state index contributed by atoms with van der Waals surface area (Å²) in [4.78, 5) is 12.0. The number of carbonyl (C=O) groups is 1. The Bertz CT molecular complexity index is 437. The van der Waals surface area contributed by atoms with Crippen molar-refractivity contribution in [2.45, 2.75) is 18.6 Å². The van der Waals surface area contributed by atoms with Gasteiger partial charge < -0.3 is 10.1 Å². The summed E-state index contributed by atoms with van der Waals surface area (Å²) in [5.41, 5.74) is 0.179. The molecule has 1 aliphatic rings. The van der Waals surface area contributed by atoms with Crippen LogP contribution in [-0.2, 0) is 4.74 Å². The van der Waals surface area contributed by atoms with E-state index in [9.17, 15) is 13.6 Å². The molecule has 0 amide bonds.